The average molecular weight is 658 g/mol. The molecule has 0 aliphatic rings. The molecule has 0 aliphatic carbocycles. The molecular weight excluding hydrogens is 615 g/mol. The summed E-state index contributed by atoms with van der Waals surface area (Å²) in [5, 5.41) is 2.23. The molecule has 5 heteroatoms. The fraction of sp³-hybridized carbons (Fsp3) is 0.200. The van der Waals surface area contributed by atoms with Gasteiger partial charge in [0.2, 0.25) is 5.71 Å². The normalized spacial score (nSPS) is 13.4. The van der Waals surface area contributed by atoms with Gasteiger partial charge in [0.1, 0.15) is 22.4 Å². The van der Waals surface area contributed by atoms with Crippen molar-refractivity contribution >= 4 is 55.2 Å². The minimum Gasteiger partial charge on any atom is -0.453 e. The van der Waals surface area contributed by atoms with E-state index in [1.54, 1.807) is 6.07 Å². The van der Waals surface area contributed by atoms with E-state index in [1.165, 1.54) is 22.3 Å². The third kappa shape index (κ3) is 4.39. The Bertz CT molecular complexity index is 2880. The fourth-order valence-electron chi connectivity index (χ4n) is 7.84. The predicted octanol–water partition coefficient (Wildman–Crippen LogP) is 11.8. The third-order valence-electron chi connectivity index (χ3n) is 10.2. The lowest BCUT2D eigenvalue weighted by atomic mass is 9.88. The number of imidazole rings is 1. The van der Waals surface area contributed by atoms with Crippen molar-refractivity contribution in [3.05, 3.63) is 125 Å². The molecule has 0 saturated carbocycles. The molecule has 246 valence electrons. The summed E-state index contributed by atoms with van der Waals surface area (Å²) in [4.78, 5) is 4.98. The Labute approximate surface area is 295 Å². The quantitative estimate of drug-likeness (QED) is 0.173. The summed E-state index contributed by atoms with van der Waals surface area (Å²) >= 11 is 0. The van der Waals surface area contributed by atoms with Gasteiger partial charge in [-0.2, -0.15) is 4.57 Å². The summed E-state index contributed by atoms with van der Waals surface area (Å²) in [6.07, 6.45) is 0. The van der Waals surface area contributed by atoms with Crippen molar-refractivity contribution in [1.82, 2.24) is 9.55 Å². The molecule has 0 atom stereocenters. The van der Waals surface area contributed by atoms with Crippen LogP contribution in [-0.4, -0.2) is 9.55 Å². The molecular formula is C45H40N3O2+. The molecule has 5 nitrogen and oxygen atoms in total. The predicted molar refractivity (Wildman–Crippen MR) is 205 cm³/mol. The minimum absolute atomic E-state index is 0.199. The second-order valence-corrected chi connectivity index (χ2v) is 14.1. The Morgan fingerprint density at radius 3 is 2.16 bits per heavy atom. The standard InChI is InChI=1S/C45H40N3O2/c1-25(2)32-22-30(29-15-9-8-10-16-29)23-33(26(3)4)42(32)48-36-19-13-12-18-35(36)47(7)45(48)40-28(6)21-27(5)39-41-38(49-43(39)40)24-34-31-17-11-14-20-37(31)50-44(34)46-41/h8-26H,1-7H3/q+1/i5D3. The van der Waals surface area contributed by atoms with Crippen molar-refractivity contribution in [3.8, 4) is 28.2 Å². The molecule has 9 aromatic rings. The molecule has 5 aromatic carbocycles. The van der Waals surface area contributed by atoms with E-state index in [2.05, 4.69) is 111 Å². The van der Waals surface area contributed by atoms with Gasteiger partial charge in [-0.05, 0) is 84.3 Å². The lowest BCUT2D eigenvalue weighted by Gasteiger charge is -2.21. The number of hydrogen-bond acceptors (Lipinski definition) is 3. The van der Waals surface area contributed by atoms with E-state index >= 15 is 0 Å². The van der Waals surface area contributed by atoms with Crippen molar-refractivity contribution in [2.24, 2.45) is 7.05 Å². The second-order valence-electron chi connectivity index (χ2n) is 14.1. The molecule has 0 N–H and O–H groups in total. The smallest absolute Gasteiger partial charge is 0.299 e. The van der Waals surface area contributed by atoms with Gasteiger partial charge < -0.3 is 8.83 Å². The Morgan fingerprint density at radius 2 is 1.42 bits per heavy atom. The van der Waals surface area contributed by atoms with Gasteiger partial charge >= 0.3 is 0 Å². The number of aryl methyl sites for hydroxylation is 3. The van der Waals surface area contributed by atoms with Gasteiger partial charge in [-0.3, -0.25) is 0 Å². The first kappa shape index (κ1) is 27.2. The molecule has 0 fully saturated rings. The molecule has 4 aromatic heterocycles. The van der Waals surface area contributed by atoms with Gasteiger partial charge in [0.25, 0.3) is 5.82 Å². The molecule has 4 heterocycles. The lowest BCUT2D eigenvalue weighted by Crippen LogP contribution is -2.30. The SMILES string of the molecule is [2H]C([2H])([2H])c1cc(C)c(-c2n(-c3c(C(C)C)cc(-c4ccccc4)cc3C(C)C)c3ccccc3[n+]2C)c2oc3cc4c(nc3c12)oc1ccccc14. The van der Waals surface area contributed by atoms with Crippen molar-refractivity contribution in [2.45, 2.75) is 53.3 Å². The van der Waals surface area contributed by atoms with Crippen molar-refractivity contribution in [3.63, 3.8) is 0 Å². The maximum absolute atomic E-state index is 8.67. The highest BCUT2D eigenvalue weighted by atomic mass is 16.3. The molecule has 9 rings (SSSR count). The van der Waals surface area contributed by atoms with Gasteiger partial charge in [-0.15, -0.1) is 0 Å². The minimum atomic E-state index is -2.42. The van der Waals surface area contributed by atoms with Gasteiger partial charge in [-0.1, -0.05) is 94.4 Å². The Kier molecular flexibility index (Phi) is 6.07. The lowest BCUT2D eigenvalue weighted by molar-refractivity contribution is -0.633. The van der Waals surface area contributed by atoms with Crippen LogP contribution in [0.25, 0.3) is 83.4 Å². The Balaban J connectivity index is 1.44. The summed E-state index contributed by atoms with van der Waals surface area (Å²) in [5.41, 5.74) is 12.5. The van der Waals surface area contributed by atoms with E-state index in [0.29, 0.717) is 27.8 Å². The van der Waals surface area contributed by atoms with Crippen molar-refractivity contribution < 1.29 is 17.5 Å². The van der Waals surface area contributed by atoms with Crippen LogP contribution >= 0.6 is 0 Å². The van der Waals surface area contributed by atoms with Crippen LogP contribution < -0.4 is 4.57 Å². The Hall–Kier alpha value is -5.68. The highest BCUT2D eigenvalue weighted by Gasteiger charge is 2.34. The number of furan rings is 2. The first-order chi connectivity index (χ1) is 25.4. The van der Waals surface area contributed by atoms with E-state index in [-0.39, 0.29) is 17.4 Å². The first-order valence-corrected chi connectivity index (χ1v) is 17.3. The van der Waals surface area contributed by atoms with E-state index in [0.717, 1.165) is 50.0 Å². The highest BCUT2D eigenvalue weighted by Crippen LogP contribution is 2.44. The number of fused-ring (bicyclic) bond motifs is 7. The molecule has 0 amide bonds. The van der Waals surface area contributed by atoms with Crippen LogP contribution in [0.2, 0.25) is 0 Å². The molecule has 50 heavy (non-hydrogen) atoms. The van der Waals surface area contributed by atoms with Crippen LogP contribution in [0.4, 0.5) is 0 Å². The molecule has 0 radical (unpaired) electrons. The summed E-state index contributed by atoms with van der Waals surface area (Å²) in [6.45, 7) is 8.58. The summed E-state index contributed by atoms with van der Waals surface area (Å²) < 4.78 is 43.7. The molecule has 0 unspecified atom stereocenters. The first-order valence-electron chi connectivity index (χ1n) is 18.8. The summed E-state index contributed by atoms with van der Waals surface area (Å²) in [5.74, 6) is 1.30. The van der Waals surface area contributed by atoms with E-state index in [9.17, 15) is 0 Å². The van der Waals surface area contributed by atoms with Crippen molar-refractivity contribution in [2.75, 3.05) is 0 Å². The molecule has 0 aliphatic heterocycles. The number of hydrogen-bond donors (Lipinski definition) is 0. The van der Waals surface area contributed by atoms with Crippen LogP contribution in [0.5, 0.6) is 0 Å². The number of para-hydroxylation sites is 3. The number of pyridine rings is 1. The van der Waals surface area contributed by atoms with Crippen LogP contribution in [0.15, 0.2) is 112 Å². The number of benzene rings is 5. The van der Waals surface area contributed by atoms with Crippen LogP contribution in [0, 0.1) is 13.8 Å². The summed E-state index contributed by atoms with van der Waals surface area (Å²) in [6, 6.07) is 35.2. The van der Waals surface area contributed by atoms with E-state index < -0.39 is 6.85 Å². The average Bonchev–Trinajstić information content (AvgIpc) is 3.78. The number of nitrogens with zero attached hydrogens (tertiary/aromatic N) is 3. The van der Waals surface area contributed by atoms with E-state index in [4.69, 9.17) is 17.9 Å². The van der Waals surface area contributed by atoms with Crippen LogP contribution in [0.3, 0.4) is 0 Å². The van der Waals surface area contributed by atoms with Gasteiger partial charge in [0, 0.05) is 20.6 Å². The zero-order valence-corrected chi connectivity index (χ0v) is 29.1. The summed E-state index contributed by atoms with van der Waals surface area (Å²) in [7, 11) is 2.08. The zero-order chi connectivity index (χ0) is 36.9. The maximum Gasteiger partial charge on any atom is 0.299 e. The van der Waals surface area contributed by atoms with Crippen LogP contribution in [0.1, 0.15) is 65.9 Å². The second kappa shape index (κ2) is 11.2. The maximum atomic E-state index is 8.67. The van der Waals surface area contributed by atoms with Crippen molar-refractivity contribution in [1.29, 1.82) is 0 Å². The van der Waals surface area contributed by atoms with Crippen LogP contribution in [-0.2, 0) is 7.05 Å². The fourth-order valence-corrected chi connectivity index (χ4v) is 7.84. The van der Waals surface area contributed by atoms with E-state index in [1.807, 2.05) is 37.3 Å². The van der Waals surface area contributed by atoms with Gasteiger partial charge in [0.05, 0.1) is 17.8 Å². The molecule has 0 saturated heterocycles. The largest absolute Gasteiger partial charge is 0.453 e. The number of rotatable bonds is 5. The van der Waals surface area contributed by atoms with Gasteiger partial charge in [0.15, 0.2) is 22.2 Å². The van der Waals surface area contributed by atoms with Gasteiger partial charge in [-0.25, -0.2) is 9.55 Å². The monoisotopic (exact) mass is 657 g/mol. The number of aromatic nitrogens is 3. The zero-order valence-electron chi connectivity index (χ0n) is 32.1. The molecule has 0 spiro atoms. The topological polar surface area (TPSA) is 48.0 Å². The Morgan fingerprint density at radius 1 is 0.720 bits per heavy atom. The highest BCUT2D eigenvalue weighted by molar-refractivity contribution is 6.14. The molecule has 0 bridgehead atoms. The third-order valence-corrected chi connectivity index (χ3v) is 10.2.